The summed E-state index contributed by atoms with van der Waals surface area (Å²) in [7, 11) is 3.33. The molecule has 0 fully saturated rings. The highest BCUT2D eigenvalue weighted by Gasteiger charge is 2.10. The lowest BCUT2D eigenvalue weighted by Gasteiger charge is -2.14. The number of hydrogen-bond acceptors (Lipinski definition) is 3. The molecule has 1 aliphatic rings. The van der Waals surface area contributed by atoms with E-state index < -0.39 is 0 Å². The Bertz CT molecular complexity index is 399. The van der Waals surface area contributed by atoms with Gasteiger partial charge in [0, 0.05) is 6.54 Å². The zero-order valence-corrected chi connectivity index (χ0v) is 9.75. The molecule has 3 nitrogen and oxygen atoms in total. The highest BCUT2D eigenvalue weighted by molar-refractivity contribution is 5.60. The van der Waals surface area contributed by atoms with E-state index in [0.29, 0.717) is 0 Å². The van der Waals surface area contributed by atoms with Crippen LogP contribution in [-0.4, -0.2) is 27.3 Å². The number of ether oxygens (including phenoxy) is 2. The molecule has 0 aliphatic carbocycles. The SMILES string of the molecule is COc1cc2c(cc1OC)CCNCC=C2. The summed E-state index contributed by atoms with van der Waals surface area (Å²) < 4.78 is 10.6. The highest BCUT2D eigenvalue weighted by atomic mass is 16.5. The Morgan fingerprint density at radius 3 is 2.62 bits per heavy atom. The van der Waals surface area contributed by atoms with Crippen LogP contribution >= 0.6 is 0 Å². The number of nitrogens with one attached hydrogen (secondary N) is 1. The molecule has 86 valence electrons. The van der Waals surface area contributed by atoms with Gasteiger partial charge in [-0.15, -0.1) is 0 Å². The molecule has 1 aromatic carbocycles. The Labute approximate surface area is 96.1 Å². The zero-order chi connectivity index (χ0) is 11.4. The second-order valence-corrected chi connectivity index (χ2v) is 3.76. The van der Waals surface area contributed by atoms with E-state index in [1.165, 1.54) is 11.1 Å². The Kier molecular flexibility index (Phi) is 3.47. The largest absolute Gasteiger partial charge is 0.493 e. The molecule has 0 radical (unpaired) electrons. The third-order valence-corrected chi connectivity index (χ3v) is 2.78. The molecular formula is C13H17NO2. The number of hydrogen-bond donors (Lipinski definition) is 1. The molecule has 0 unspecified atom stereocenters. The third kappa shape index (κ3) is 2.19. The van der Waals surface area contributed by atoms with Crippen LogP contribution in [0.1, 0.15) is 11.1 Å². The lowest BCUT2D eigenvalue weighted by atomic mass is 10.0. The van der Waals surface area contributed by atoms with Gasteiger partial charge in [-0.1, -0.05) is 12.2 Å². The van der Waals surface area contributed by atoms with Crippen molar-refractivity contribution in [1.82, 2.24) is 5.32 Å². The van der Waals surface area contributed by atoms with Gasteiger partial charge in [0.05, 0.1) is 14.2 Å². The van der Waals surface area contributed by atoms with Crippen LogP contribution in [0.15, 0.2) is 18.2 Å². The van der Waals surface area contributed by atoms with E-state index in [9.17, 15) is 0 Å². The fourth-order valence-electron chi connectivity index (χ4n) is 1.90. The van der Waals surface area contributed by atoms with Crippen LogP contribution < -0.4 is 14.8 Å². The summed E-state index contributed by atoms with van der Waals surface area (Å²) in [5, 5.41) is 3.34. The average Bonchev–Trinajstić information content (AvgIpc) is 2.29. The number of methoxy groups -OCH3 is 2. The highest BCUT2D eigenvalue weighted by Crippen LogP contribution is 2.31. The maximum atomic E-state index is 5.30. The quantitative estimate of drug-likeness (QED) is 0.823. The lowest BCUT2D eigenvalue weighted by Crippen LogP contribution is -2.18. The Morgan fingerprint density at radius 2 is 1.88 bits per heavy atom. The van der Waals surface area contributed by atoms with Crippen molar-refractivity contribution in [3.63, 3.8) is 0 Å². The van der Waals surface area contributed by atoms with Crippen molar-refractivity contribution >= 4 is 6.08 Å². The van der Waals surface area contributed by atoms with Gasteiger partial charge in [0.25, 0.3) is 0 Å². The second-order valence-electron chi connectivity index (χ2n) is 3.76. The van der Waals surface area contributed by atoms with Crippen molar-refractivity contribution in [2.24, 2.45) is 0 Å². The molecule has 1 N–H and O–H groups in total. The van der Waals surface area contributed by atoms with Crippen LogP contribution in [0.4, 0.5) is 0 Å². The summed E-state index contributed by atoms with van der Waals surface area (Å²) in [6, 6.07) is 4.10. The van der Waals surface area contributed by atoms with E-state index >= 15 is 0 Å². The van der Waals surface area contributed by atoms with E-state index in [2.05, 4.69) is 23.5 Å². The predicted octanol–water partition coefficient (Wildman–Crippen LogP) is 1.86. The first kappa shape index (κ1) is 11.0. The topological polar surface area (TPSA) is 30.5 Å². The second kappa shape index (κ2) is 5.03. The van der Waals surface area contributed by atoms with Crippen molar-refractivity contribution in [2.45, 2.75) is 6.42 Å². The molecule has 0 bridgehead atoms. The van der Waals surface area contributed by atoms with Gasteiger partial charge in [-0.3, -0.25) is 0 Å². The summed E-state index contributed by atoms with van der Waals surface area (Å²) >= 11 is 0. The van der Waals surface area contributed by atoms with Crippen LogP contribution in [0.25, 0.3) is 6.08 Å². The van der Waals surface area contributed by atoms with Crippen LogP contribution in [0.3, 0.4) is 0 Å². The predicted molar refractivity (Wildman–Crippen MR) is 65.2 cm³/mol. The Balaban J connectivity index is 2.45. The lowest BCUT2D eigenvalue weighted by molar-refractivity contribution is 0.354. The first-order chi connectivity index (χ1) is 7.85. The third-order valence-electron chi connectivity index (χ3n) is 2.78. The van der Waals surface area contributed by atoms with Gasteiger partial charge in [-0.2, -0.15) is 0 Å². The van der Waals surface area contributed by atoms with Gasteiger partial charge in [0.15, 0.2) is 11.5 Å². The van der Waals surface area contributed by atoms with E-state index in [4.69, 9.17) is 9.47 Å². The Hall–Kier alpha value is -1.48. The van der Waals surface area contributed by atoms with Crippen LogP contribution in [0.5, 0.6) is 11.5 Å². The van der Waals surface area contributed by atoms with E-state index in [-0.39, 0.29) is 0 Å². The van der Waals surface area contributed by atoms with Crippen LogP contribution in [0, 0.1) is 0 Å². The molecule has 1 aromatic rings. The smallest absolute Gasteiger partial charge is 0.161 e. The van der Waals surface area contributed by atoms with Gasteiger partial charge in [-0.05, 0) is 36.2 Å². The van der Waals surface area contributed by atoms with E-state index in [0.717, 1.165) is 31.0 Å². The summed E-state index contributed by atoms with van der Waals surface area (Å²) in [5.41, 5.74) is 2.51. The van der Waals surface area contributed by atoms with Gasteiger partial charge in [0.1, 0.15) is 0 Å². The van der Waals surface area contributed by atoms with E-state index in [1.807, 2.05) is 6.07 Å². The van der Waals surface area contributed by atoms with Gasteiger partial charge in [0.2, 0.25) is 0 Å². The minimum atomic E-state index is 0.791. The normalized spacial score (nSPS) is 14.9. The average molecular weight is 219 g/mol. The monoisotopic (exact) mass is 219 g/mol. The van der Waals surface area contributed by atoms with Crippen LogP contribution in [0.2, 0.25) is 0 Å². The molecule has 1 aliphatic heterocycles. The molecule has 16 heavy (non-hydrogen) atoms. The summed E-state index contributed by atoms with van der Waals surface area (Å²) in [6.45, 7) is 1.92. The van der Waals surface area contributed by atoms with Gasteiger partial charge < -0.3 is 14.8 Å². The maximum absolute atomic E-state index is 5.30. The molecular weight excluding hydrogens is 202 g/mol. The molecule has 0 atom stereocenters. The molecule has 0 aromatic heterocycles. The standard InChI is InChI=1S/C13H17NO2/c1-15-12-8-10-4-3-6-14-7-5-11(10)9-13(12)16-2/h3-4,8-9,14H,5-7H2,1-2H3. The Morgan fingerprint density at radius 1 is 1.12 bits per heavy atom. The number of benzene rings is 1. The van der Waals surface area contributed by atoms with Crippen molar-refractivity contribution in [3.8, 4) is 11.5 Å². The van der Waals surface area contributed by atoms with Crippen LogP contribution in [-0.2, 0) is 6.42 Å². The van der Waals surface area contributed by atoms with Gasteiger partial charge in [-0.25, -0.2) is 0 Å². The molecule has 2 rings (SSSR count). The minimum Gasteiger partial charge on any atom is -0.493 e. The van der Waals surface area contributed by atoms with Gasteiger partial charge >= 0.3 is 0 Å². The van der Waals surface area contributed by atoms with Crippen molar-refractivity contribution in [2.75, 3.05) is 27.3 Å². The fourth-order valence-corrected chi connectivity index (χ4v) is 1.90. The summed E-state index contributed by atoms with van der Waals surface area (Å²) in [5.74, 6) is 1.59. The van der Waals surface area contributed by atoms with Crippen molar-refractivity contribution in [3.05, 3.63) is 29.3 Å². The van der Waals surface area contributed by atoms with Crippen molar-refractivity contribution < 1.29 is 9.47 Å². The molecule has 0 saturated heterocycles. The molecule has 1 heterocycles. The maximum Gasteiger partial charge on any atom is 0.161 e. The number of fused-ring (bicyclic) bond motifs is 1. The molecule has 0 saturated carbocycles. The first-order valence-corrected chi connectivity index (χ1v) is 5.47. The fraction of sp³-hybridized carbons (Fsp3) is 0.385. The molecule has 0 amide bonds. The number of rotatable bonds is 2. The molecule has 3 heteroatoms. The van der Waals surface area contributed by atoms with Crippen molar-refractivity contribution in [1.29, 1.82) is 0 Å². The zero-order valence-electron chi connectivity index (χ0n) is 9.75. The first-order valence-electron chi connectivity index (χ1n) is 5.47. The van der Waals surface area contributed by atoms with E-state index in [1.54, 1.807) is 14.2 Å². The molecule has 0 spiro atoms. The minimum absolute atomic E-state index is 0.791. The summed E-state index contributed by atoms with van der Waals surface area (Å²) in [4.78, 5) is 0. The summed E-state index contributed by atoms with van der Waals surface area (Å²) in [6.07, 6.45) is 5.27.